The van der Waals surface area contributed by atoms with Crippen LogP contribution in [0.3, 0.4) is 0 Å². The van der Waals surface area contributed by atoms with Gasteiger partial charge in [-0.1, -0.05) is 29.8 Å². The molecule has 0 aliphatic heterocycles. The molecule has 0 bridgehead atoms. The maximum atomic E-state index is 11.9. The van der Waals surface area contributed by atoms with E-state index in [-0.39, 0.29) is 45.0 Å². The standard InChI is InChI=1S/C16H12ClN5O6S.O3S/c17-11-6-5-10(8-12(11)22(24)25)18-15-19-14(20-16(23)21-15)7-9-3-1-2-4-13(9)29(26,27)28;1-4(2)3/h1-6,8H,7H2,(H,26,27,28)(H2,18,19,20,21,23);. The maximum Gasteiger partial charge on any atom is 0.425 e. The predicted molar refractivity (Wildman–Crippen MR) is 113 cm³/mol. The van der Waals surface area contributed by atoms with E-state index < -0.39 is 31.3 Å². The largest absolute Gasteiger partial charge is 0.425 e. The number of nitrogens with zero attached hydrogens (tertiary/aromatic N) is 3. The van der Waals surface area contributed by atoms with Crippen molar-refractivity contribution in [1.82, 2.24) is 15.0 Å². The number of hydrogen-bond acceptors (Lipinski definition) is 11. The van der Waals surface area contributed by atoms with E-state index in [4.69, 9.17) is 24.2 Å². The Balaban J connectivity index is 0.000000890. The Morgan fingerprint density at radius 1 is 1.15 bits per heavy atom. The number of aromatic nitrogens is 3. The molecule has 0 aliphatic carbocycles. The summed E-state index contributed by atoms with van der Waals surface area (Å²) in [6, 6.07) is 9.58. The fourth-order valence-corrected chi connectivity index (χ4v) is 3.42. The van der Waals surface area contributed by atoms with Gasteiger partial charge in [-0.3, -0.25) is 19.7 Å². The molecule has 0 saturated heterocycles. The van der Waals surface area contributed by atoms with Crippen LogP contribution in [0.5, 0.6) is 0 Å². The number of rotatable bonds is 6. The third kappa shape index (κ3) is 7.72. The van der Waals surface area contributed by atoms with Gasteiger partial charge in [0.25, 0.3) is 15.8 Å². The first-order valence-corrected chi connectivity index (χ1v) is 11.2. The van der Waals surface area contributed by atoms with E-state index in [2.05, 4.69) is 20.3 Å². The van der Waals surface area contributed by atoms with Crippen LogP contribution < -0.4 is 11.0 Å². The van der Waals surface area contributed by atoms with Crippen molar-refractivity contribution in [2.45, 2.75) is 11.3 Å². The molecule has 2 aromatic carbocycles. The van der Waals surface area contributed by atoms with Crippen LogP contribution in [0.15, 0.2) is 52.2 Å². The second kappa shape index (κ2) is 10.7. The molecule has 17 heteroatoms. The SMILES string of the molecule is O=S(=O)=O.O=c1nc(Nc2ccc(Cl)c([N+](=O)[O-])c2)nc(Cc2ccccc2S(=O)(=O)O)[nH]1. The monoisotopic (exact) mass is 517 g/mol. The Morgan fingerprint density at radius 2 is 1.79 bits per heavy atom. The maximum absolute atomic E-state index is 11.9. The highest BCUT2D eigenvalue weighted by atomic mass is 35.5. The highest BCUT2D eigenvalue weighted by Gasteiger charge is 2.17. The molecule has 33 heavy (non-hydrogen) atoms. The number of H-pyrrole nitrogens is 1. The van der Waals surface area contributed by atoms with E-state index in [0.29, 0.717) is 0 Å². The topological polar surface area (TPSA) is 219 Å². The van der Waals surface area contributed by atoms with Gasteiger partial charge in [0.15, 0.2) is 0 Å². The van der Waals surface area contributed by atoms with Crippen LogP contribution in [0.4, 0.5) is 17.3 Å². The molecule has 0 amide bonds. The number of anilines is 2. The smallest absolute Gasteiger partial charge is 0.324 e. The van der Waals surface area contributed by atoms with E-state index in [1.165, 1.54) is 30.3 Å². The lowest BCUT2D eigenvalue weighted by atomic mass is 10.1. The molecule has 174 valence electrons. The van der Waals surface area contributed by atoms with Gasteiger partial charge in [0.2, 0.25) is 5.95 Å². The van der Waals surface area contributed by atoms with Crippen LogP contribution in [0.25, 0.3) is 0 Å². The molecule has 1 aromatic heterocycles. The van der Waals surface area contributed by atoms with E-state index in [9.17, 15) is 27.9 Å². The average Bonchev–Trinajstić information content (AvgIpc) is 2.68. The van der Waals surface area contributed by atoms with Crippen molar-refractivity contribution >= 4 is 49.7 Å². The van der Waals surface area contributed by atoms with Gasteiger partial charge >= 0.3 is 16.3 Å². The Bertz CT molecular complexity index is 1470. The summed E-state index contributed by atoms with van der Waals surface area (Å²) in [5.41, 5.74) is -0.692. The molecule has 0 spiro atoms. The summed E-state index contributed by atoms with van der Waals surface area (Å²) in [4.78, 5) is 32.0. The van der Waals surface area contributed by atoms with Crippen LogP contribution in [0.1, 0.15) is 11.4 Å². The van der Waals surface area contributed by atoms with Gasteiger partial charge in [-0.15, -0.1) is 12.6 Å². The third-order valence-electron chi connectivity index (χ3n) is 3.71. The van der Waals surface area contributed by atoms with Crippen LogP contribution in [-0.2, 0) is 27.1 Å². The second-order valence-corrected chi connectivity index (χ2v) is 8.14. The lowest BCUT2D eigenvalue weighted by Crippen LogP contribution is -2.18. The first-order valence-electron chi connectivity index (χ1n) is 8.37. The minimum Gasteiger partial charge on any atom is -0.324 e. The van der Waals surface area contributed by atoms with Crippen LogP contribution in [0, 0.1) is 10.1 Å². The molecule has 1 heterocycles. The van der Waals surface area contributed by atoms with Crippen molar-refractivity contribution in [2.75, 3.05) is 5.32 Å². The predicted octanol–water partition coefficient (Wildman–Crippen LogP) is 1.30. The van der Waals surface area contributed by atoms with Crippen molar-refractivity contribution in [3.8, 4) is 0 Å². The summed E-state index contributed by atoms with van der Waals surface area (Å²) in [6.07, 6.45) is -0.122. The lowest BCUT2D eigenvalue weighted by Gasteiger charge is -2.08. The second-order valence-electron chi connectivity index (χ2n) is 5.94. The summed E-state index contributed by atoms with van der Waals surface area (Å²) in [5.74, 6) is -0.100. The summed E-state index contributed by atoms with van der Waals surface area (Å²) in [5, 5.41) is 13.6. The van der Waals surface area contributed by atoms with E-state index in [1.54, 1.807) is 6.07 Å². The van der Waals surface area contributed by atoms with Gasteiger partial charge in [-0.05, 0) is 23.8 Å². The van der Waals surface area contributed by atoms with Crippen molar-refractivity contribution in [3.05, 3.63) is 79.5 Å². The van der Waals surface area contributed by atoms with Gasteiger partial charge < -0.3 is 5.32 Å². The van der Waals surface area contributed by atoms with Gasteiger partial charge in [0.1, 0.15) is 10.8 Å². The Morgan fingerprint density at radius 3 is 2.39 bits per heavy atom. The van der Waals surface area contributed by atoms with Crippen LogP contribution >= 0.6 is 11.6 Å². The van der Waals surface area contributed by atoms with Gasteiger partial charge in [-0.25, -0.2) is 4.79 Å². The first kappa shape index (κ1) is 25.5. The highest BCUT2D eigenvalue weighted by molar-refractivity contribution is 7.85. The number of aromatic amines is 1. The Labute approximate surface area is 191 Å². The van der Waals surface area contributed by atoms with Crippen molar-refractivity contribution in [3.63, 3.8) is 0 Å². The molecule has 0 saturated carbocycles. The molecule has 0 aliphatic rings. The Hall–Kier alpha value is -3.73. The quantitative estimate of drug-likeness (QED) is 0.239. The molecule has 0 fully saturated rings. The normalized spacial score (nSPS) is 10.6. The first-order chi connectivity index (χ1) is 15.4. The molecule has 3 N–H and O–H groups in total. The number of nitro groups is 1. The number of nitrogens with one attached hydrogen (secondary N) is 2. The summed E-state index contributed by atoms with van der Waals surface area (Å²) < 4.78 is 57.7. The molecule has 0 unspecified atom stereocenters. The third-order valence-corrected chi connectivity index (χ3v) is 4.98. The molecule has 3 rings (SSSR count). The molecule has 0 radical (unpaired) electrons. The fraction of sp³-hybridized carbons (Fsp3) is 0.0625. The van der Waals surface area contributed by atoms with Crippen LogP contribution in [0.2, 0.25) is 5.02 Å². The van der Waals surface area contributed by atoms with E-state index in [1.807, 2.05) is 0 Å². The lowest BCUT2D eigenvalue weighted by molar-refractivity contribution is -0.384. The Kier molecular flexibility index (Phi) is 8.30. The number of halogens is 1. The molecular weight excluding hydrogens is 506 g/mol. The van der Waals surface area contributed by atoms with Gasteiger partial charge in [0.05, 0.1) is 9.82 Å². The summed E-state index contributed by atoms with van der Waals surface area (Å²) >= 11 is 5.76. The number of benzene rings is 2. The molecule has 14 nitrogen and oxygen atoms in total. The number of hydrogen-bond donors (Lipinski definition) is 3. The number of nitro benzene ring substituents is 1. The van der Waals surface area contributed by atoms with Crippen LogP contribution in [-0.4, -0.2) is 45.5 Å². The van der Waals surface area contributed by atoms with Crippen molar-refractivity contribution < 1.29 is 30.5 Å². The van der Waals surface area contributed by atoms with E-state index in [0.717, 1.165) is 6.07 Å². The molecule has 0 atom stereocenters. The van der Waals surface area contributed by atoms with Gasteiger partial charge in [0, 0.05) is 18.2 Å². The fourth-order valence-electron chi connectivity index (χ4n) is 2.51. The molecular formula is C16H12ClN5O9S2. The summed E-state index contributed by atoms with van der Waals surface area (Å²) in [7, 11) is -7.58. The minimum absolute atomic E-state index is 0.0603. The average molecular weight is 518 g/mol. The van der Waals surface area contributed by atoms with Gasteiger partial charge in [-0.2, -0.15) is 18.4 Å². The zero-order valence-corrected chi connectivity index (χ0v) is 18.4. The van der Waals surface area contributed by atoms with E-state index >= 15 is 0 Å². The minimum atomic E-state index is -4.47. The zero-order valence-electron chi connectivity index (χ0n) is 16.0. The summed E-state index contributed by atoms with van der Waals surface area (Å²) in [6.45, 7) is 0. The zero-order chi connectivity index (χ0) is 24.8. The highest BCUT2D eigenvalue weighted by Crippen LogP contribution is 2.28. The molecule has 3 aromatic rings. The van der Waals surface area contributed by atoms with Crippen molar-refractivity contribution in [1.29, 1.82) is 0 Å². The van der Waals surface area contributed by atoms with Crippen molar-refractivity contribution in [2.24, 2.45) is 0 Å².